The second-order valence-corrected chi connectivity index (χ2v) is 7.36. The maximum absolute atomic E-state index is 12.6. The third-order valence-electron chi connectivity index (χ3n) is 3.24. The lowest BCUT2D eigenvalue weighted by Crippen LogP contribution is -2.42. The van der Waals surface area contributed by atoms with Crippen molar-refractivity contribution in [3.8, 4) is 5.75 Å². The standard InChI is InChI=1S/C12H17BrN2O3S/c1-18-11-3-2-9(13)8-12(11)19(16,17)15-6-4-10(14)5-7-15/h2-3,8,10H,4-7,14H2,1H3. The summed E-state index contributed by atoms with van der Waals surface area (Å²) < 4.78 is 32.5. The van der Waals surface area contributed by atoms with Crippen LogP contribution in [0.15, 0.2) is 27.6 Å². The average Bonchev–Trinajstić information content (AvgIpc) is 2.39. The molecule has 1 heterocycles. The first-order valence-electron chi connectivity index (χ1n) is 6.04. The Kier molecular flexibility index (Phi) is 4.50. The van der Waals surface area contributed by atoms with Gasteiger partial charge in [0.2, 0.25) is 10.0 Å². The van der Waals surface area contributed by atoms with Crippen LogP contribution in [0.3, 0.4) is 0 Å². The lowest BCUT2D eigenvalue weighted by Gasteiger charge is -2.29. The first-order valence-corrected chi connectivity index (χ1v) is 8.27. The molecule has 1 saturated heterocycles. The summed E-state index contributed by atoms with van der Waals surface area (Å²) in [5, 5.41) is 0. The zero-order valence-corrected chi connectivity index (χ0v) is 13.1. The van der Waals surface area contributed by atoms with Crippen molar-refractivity contribution in [1.82, 2.24) is 4.31 Å². The molecule has 7 heteroatoms. The second-order valence-electron chi connectivity index (χ2n) is 4.54. The van der Waals surface area contributed by atoms with E-state index in [4.69, 9.17) is 10.5 Å². The van der Waals surface area contributed by atoms with Crippen molar-refractivity contribution >= 4 is 26.0 Å². The maximum atomic E-state index is 12.6. The van der Waals surface area contributed by atoms with Gasteiger partial charge in [0.15, 0.2) is 0 Å². The number of rotatable bonds is 3. The average molecular weight is 349 g/mol. The molecule has 1 fully saturated rings. The van der Waals surface area contributed by atoms with Gasteiger partial charge >= 0.3 is 0 Å². The van der Waals surface area contributed by atoms with E-state index in [1.807, 2.05) is 0 Å². The van der Waals surface area contributed by atoms with E-state index >= 15 is 0 Å². The Morgan fingerprint density at radius 2 is 2.00 bits per heavy atom. The minimum absolute atomic E-state index is 0.0934. The predicted molar refractivity (Wildman–Crippen MR) is 76.7 cm³/mol. The second kappa shape index (κ2) is 5.78. The summed E-state index contributed by atoms with van der Waals surface area (Å²) in [5.41, 5.74) is 5.81. The van der Waals surface area contributed by atoms with Crippen LogP contribution in [-0.2, 0) is 10.0 Å². The Hall–Kier alpha value is -0.630. The van der Waals surface area contributed by atoms with Crippen LogP contribution in [-0.4, -0.2) is 39.0 Å². The quantitative estimate of drug-likeness (QED) is 0.899. The molecular weight excluding hydrogens is 332 g/mol. The van der Waals surface area contributed by atoms with Gasteiger partial charge in [-0.25, -0.2) is 8.42 Å². The molecule has 1 aromatic carbocycles. The summed E-state index contributed by atoms with van der Waals surface area (Å²) in [4.78, 5) is 0.194. The number of benzene rings is 1. The lowest BCUT2D eigenvalue weighted by molar-refractivity contribution is 0.318. The molecule has 19 heavy (non-hydrogen) atoms. The van der Waals surface area contributed by atoms with Crippen molar-refractivity contribution in [3.63, 3.8) is 0 Å². The van der Waals surface area contributed by atoms with Gasteiger partial charge in [-0.2, -0.15) is 4.31 Å². The molecule has 0 radical (unpaired) electrons. The third kappa shape index (κ3) is 3.10. The highest BCUT2D eigenvalue weighted by atomic mass is 79.9. The highest BCUT2D eigenvalue weighted by molar-refractivity contribution is 9.10. The SMILES string of the molecule is COc1ccc(Br)cc1S(=O)(=O)N1CCC(N)CC1. The molecule has 1 aliphatic rings. The van der Waals surface area contributed by atoms with Crippen molar-refractivity contribution < 1.29 is 13.2 Å². The highest BCUT2D eigenvalue weighted by Crippen LogP contribution is 2.30. The molecule has 5 nitrogen and oxygen atoms in total. The van der Waals surface area contributed by atoms with Crippen LogP contribution in [0.5, 0.6) is 5.75 Å². The van der Waals surface area contributed by atoms with Gasteiger partial charge in [0.1, 0.15) is 10.6 Å². The molecule has 0 spiro atoms. The normalized spacial score (nSPS) is 18.5. The molecule has 0 atom stereocenters. The first kappa shape index (κ1) is 14.8. The number of methoxy groups -OCH3 is 1. The van der Waals surface area contributed by atoms with Gasteiger partial charge in [0.05, 0.1) is 7.11 Å². The largest absolute Gasteiger partial charge is 0.495 e. The number of nitrogens with two attached hydrogens (primary N) is 1. The van der Waals surface area contributed by atoms with E-state index in [1.54, 1.807) is 18.2 Å². The molecule has 0 unspecified atom stereocenters. The van der Waals surface area contributed by atoms with Crippen LogP contribution in [0.1, 0.15) is 12.8 Å². The lowest BCUT2D eigenvalue weighted by atomic mass is 10.1. The predicted octanol–water partition coefficient (Wildman–Crippen LogP) is 1.57. The van der Waals surface area contributed by atoms with Crippen LogP contribution in [0.25, 0.3) is 0 Å². The van der Waals surface area contributed by atoms with Crippen molar-refractivity contribution in [2.24, 2.45) is 5.73 Å². The zero-order chi connectivity index (χ0) is 14.0. The molecule has 1 aromatic rings. The van der Waals surface area contributed by atoms with E-state index in [-0.39, 0.29) is 10.9 Å². The molecule has 2 rings (SSSR count). The maximum Gasteiger partial charge on any atom is 0.246 e. The molecule has 106 valence electrons. The van der Waals surface area contributed by atoms with Crippen LogP contribution < -0.4 is 10.5 Å². The molecule has 0 bridgehead atoms. The Labute approximate surface area is 121 Å². The fraction of sp³-hybridized carbons (Fsp3) is 0.500. The molecule has 2 N–H and O–H groups in total. The monoisotopic (exact) mass is 348 g/mol. The van der Waals surface area contributed by atoms with Crippen LogP contribution in [0.4, 0.5) is 0 Å². The summed E-state index contributed by atoms with van der Waals surface area (Å²) in [6.07, 6.45) is 1.38. The molecule has 0 amide bonds. The van der Waals surface area contributed by atoms with Crippen LogP contribution in [0, 0.1) is 0 Å². The molecular formula is C12H17BrN2O3S. The van der Waals surface area contributed by atoms with Crippen molar-refractivity contribution in [2.75, 3.05) is 20.2 Å². The molecule has 0 saturated carbocycles. The number of sulfonamides is 1. The van der Waals surface area contributed by atoms with Gasteiger partial charge in [-0.3, -0.25) is 0 Å². The van der Waals surface area contributed by atoms with Crippen molar-refractivity contribution in [1.29, 1.82) is 0 Å². The Morgan fingerprint density at radius 3 is 2.58 bits per heavy atom. The number of halogens is 1. The number of piperidine rings is 1. The number of hydrogen-bond donors (Lipinski definition) is 1. The minimum Gasteiger partial charge on any atom is -0.495 e. The van der Waals surface area contributed by atoms with E-state index in [0.717, 1.165) is 0 Å². The van der Waals surface area contributed by atoms with E-state index in [1.165, 1.54) is 11.4 Å². The van der Waals surface area contributed by atoms with Crippen LogP contribution in [0.2, 0.25) is 0 Å². The Morgan fingerprint density at radius 1 is 1.37 bits per heavy atom. The molecule has 1 aliphatic heterocycles. The Balaban J connectivity index is 2.36. The van der Waals surface area contributed by atoms with Crippen molar-refractivity contribution in [2.45, 2.75) is 23.8 Å². The Bertz CT molecular complexity index is 554. The van der Waals surface area contributed by atoms with Gasteiger partial charge in [0, 0.05) is 23.6 Å². The van der Waals surface area contributed by atoms with Gasteiger partial charge < -0.3 is 10.5 Å². The number of hydrogen-bond acceptors (Lipinski definition) is 4. The van der Waals surface area contributed by atoms with E-state index in [9.17, 15) is 8.42 Å². The van der Waals surface area contributed by atoms with Gasteiger partial charge in [-0.1, -0.05) is 15.9 Å². The molecule has 0 aliphatic carbocycles. The fourth-order valence-electron chi connectivity index (χ4n) is 2.11. The number of nitrogens with zero attached hydrogens (tertiary/aromatic N) is 1. The van der Waals surface area contributed by atoms with E-state index < -0.39 is 10.0 Å². The van der Waals surface area contributed by atoms with Gasteiger partial charge in [-0.05, 0) is 31.0 Å². The van der Waals surface area contributed by atoms with E-state index in [2.05, 4.69) is 15.9 Å². The van der Waals surface area contributed by atoms with Crippen molar-refractivity contribution in [3.05, 3.63) is 22.7 Å². The fourth-order valence-corrected chi connectivity index (χ4v) is 4.27. The van der Waals surface area contributed by atoms with E-state index in [0.29, 0.717) is 36.2 Å². The minimum atomic E-state index is -3.53. The zero-order valence-electron chi connectivity index (χ0n) is 10.7. The van der Waals surface area contributed by atoms with Crippen LogP contribution >= 0.6 is 15.9 Å². The highest BCUT2D eigenvalue weighted by Gasteiger charge is 2.30. The molecule has 0 aromatic heterocycles. The summed E-state index contributed by atoms with van der Waals surface area (Å²) in [6, 6.07) is 5.06. The summed E-state index contributed by atoms with van der Waals surface area (Å²) in [5.74, 6) is 0.359. The summed E-state index contributed by atoms with van der Waals surface area (Å²) in [7, 11) is -2.06. The number of ether oxygens (including phenoxy) is 1. The first-order chi connectivity index (χ1) is 8.95. The topological polar surface area (TPSA) is 72.6 Å². The summed E-state index contributed by atoms with van der Waals surface area (Å²) >= 11 is 3.29. The van der Waals surface area contributed by atoms with Gasteiger partial charge in [0.25, 0.3) is 0 Å². The third-order valence-corrected chi connectivity index (χ3v) is 5.66. The summed E-state index contributed by atoms with van der Waals surface area (Å²) in [6.45, 7) is 0.915. The smallest absolute Gasteiger partial charge is 0.246 e. The van der Waals surface area contributed by atoms with Gasteiger partial charge in [-0.15, -0.1) is 0 Å².